The summed E-state index contributed by atoms with van der Waals surface area (Å²) < 4.78 is 0.918. The van der Waals surface area contributed by atoms with Crippen molar-refractivity contribution in [3.63, 3.8) is 0 Å². The summed E-state index contributed by atoms with van der Waals surface area (Å²) in [6, 6.07) is 11.7. The molecule has 0 saturated carbocycles. The normalized spacial score (nSPS) is 12.1. The Kier molecular flexibility index (Phi) is 4.55. The number of carbonyl (C=O) groups is 1. The highest BCUT2D eigenvalue weighted by Gasteiger charge is 2.10. The summed E-state index contributed by atoms with van der Waals surface area (Å²) in [6.07, 6.45) is 0.872. The van der Waals surface area contributed by atoms with Crippen LogP contribution in [0, 0.1) is 0 Å². The number of benzene rings is 1. The first-order chi connectivity index (χ1) is 8.65. The molecule has 0 bridgehead atoms. The summed E-state index contributed by atoms with van der Waals surface area (Å²) in [4.78, 5) is 13.3. The predicted octanol–water partition coefficient (Wildman–Crippen LogP) is 3.87. The van der Waals surface area contributed by atoms with E-state index in [0.29, 0.717) is 5.56 Å². The Bertz CT molecular complexity index is 524. The second-order valence-corrected chi connectivity index (χ2v) is 6.12. The molecule has 0 aliphatic rings. The van der Waals surface area contributed by atoms with E-state index in [4.69, 9.17) is 0 Å². The van der Waals surface area contributed by atoms with Crippen molar-refractivity contribution in [1.82, 2.24) is 5.32 Å². The highest BCUT2D eigenvalue weighted by atomic mass is 79.9. The smallest absolute Gasteiger partial charge is 0.251 e. The Balaban J connectivity index is 1.95. The van der Waals surface area contributed by atoms with Crippen LogP contribution in [-0.2, 0) is 6.42 Å². The van der Waals surface area contributed by atoms with Crippen molar-refractivity contribution in [2.45, 2.75) is 19.4 Å². The van der Waals surface area contributed by atoms with E-state index in [1.807, 2.05) is 37.3 Å². The molecule has 0 fully saturated rings. The van der Waals surface area contributed by atoms with Crippen LogP contribution in [-0.4, -0.2) is 11.9 Å². The highest BCUT2D eigenvalue weighted by Crippen LogP contribution is 2.13. The minimum atomic E-state index is -0.0274. The number of carbonyl (C=O) groups excluding carboxylic acids is 1. The summed E-state index contributed by atoms with van der Waals surface area (Å²) in [6.45, 7) is 2.02. The molecule has 1 N–H and O–H groups in total. The van der Waals surface area contributed by atoms with Gasteiger partial charge in [-0.15, -0.1) is 11.3 Å². The van der Waals surface area contributed by atoms with E-state index in [-0.39, 0.29) is 11.9 Å². The topological polar surface area (TPSA) is 29.1 Å². The first kappa shape index (κ1) is 13.3. The van der Waals surface area contributed by atoms with Crippen LogP contribution in [0.1, 0.15) is 22.2 Å². The lowest BCUT2D eigenvalue weighted by atomic mass is 10.1. The fraction of sp³-hybridized carbons (Fsp3) is 0.214. The molecule has 1 amide bonds. The molecule has 0 aliphatic heterocycles. The predicted molar refractivity (Wildman–Crippen MR) is 79.1 cm³/mol. The number of hydrogen-bond acceptors (Lipinski definition) is 2. The van der Waals surface area contributed by atoms with Crippen LogP contribution in [0.2, 0.25) is 0 Å². The van der Waals surface area contributed by atoms with Crippen LogP contribution >= 0.6 is 27.3 Å². The van der Waals surface area contributed by atoms with E-state index in [0.717, 1.165) is 10.9 Å². The van der Waals surface area contributed by atoms with Gasteiger partial charge in [0.1, 0.15) is 0 Å². The van der Waals surface area contributed by atoms with Crippen LogP contribution in [0.25, 0.3) is 0 Å². The maximum atomic E-state index is 12.0. The number of rotatable bonds is 4. The Morgan fingerprint density at radius 1 is 1.39 bits per heavy atom. The van der Waals surface area contributed by atoms with Crippen molar-refractivity contribution in [2.24, 2.45) is 0 Å². The quantitative estimate of drug-likeness (QED) is 0.909. The van der Waals surface area contributed by atoms with Crippen molar-refractivity contribution in [3.05, 3.63) is 56.7 Å². The summed E-state index contributed by atoms with van der Waals surface area (Å²) in [5, 5.41) is 5.06. The third kappa shape index (κ3) is 3.68. The van der Waals surface area contributed by atoms with E-state index in [2.05, 4.69) is 32.7 Å². The second kappa shape index (κ2) is 6.16. The molecule has 1 heterocycles. The molecule has 1 aromatic heterocycles. The molecule has 2 nitrogen and oxygen atoms in total. The molecule has 94 valence electrons. The molecule has 0 spiro atoms. The number of halogens is 1. The van der Waals surface area contributed by atoms with E-state index < -0.39 is 0 Å². The Hall–Kier alpha value is -1.13. The maximum Gasteiger partial charge on any atom is 0.251 e. The van der Waals surface area contributed by atoms with Gasteiger partial charge in [0.15, 0.2) is 0 Å². The van der Waals surface area contributed by atoms with Gasteiger partial charge < -0.3 is 5.32 Å². The molecule has 0 saturated heterocycles. The standard InChI is InChI=1S/C14H14BrNOS/c1-10(8-13-6-3-7-18-13)16-14(17)11-4-2-5-12(15)9-11/h2-7,9-10H,8H2,1H3,(H,16,17)/t10-/m1/s1. The van der Waals surface area contributed by atoms with Gasteiger partial charge in [0.2, 0.25) is 0 Å². The zero-order chi connectivity index (χ0) is 13.0. The van der Waals surface area contributed by atoms with E-state index >= 15 is 0 Å². The monoisotopic (exact) mass is 323 g/mol. The van der Waals surface area contributed by atoms with Gasteiger partial charge in [0.25, 0.3) is 5.91 Å². The van der Waals surface area contributed by atoms with E-state index in [1.165, 1.54) is 4.88 Å². The summed E-state index contributed by atoms with van der Waals surface area (Å²) in [5.74, 6) is -0.0274. The van der Waals surface area contributed by atoms with Gasteiger partial charge in [-0.2, -0.15) is 0 Å². The van der Waals surface area contributed by atoms with Crippen molar-refractivity contribution in [1.29, 1.82) is 0 Å². The SMILES string of the molecule is C[C@H](Cc1cccs1)NC(=O)c1cccc(Br)c1. The van der Waals surface area contributed by atoms with Crippen molar-refractivity contribution in [3.8, 4) is 0 Å². The van der Waals surface area contributed by atoms with E-state index in [9.17, 15) is 4.79 Å². The maximum absolute atomic E-state index is 12.0. The van der Waals surface area contributed by atoms with Gasteiger partial charge in [-0.3, -0.25) is 4.79 Å². The van der Waals surface area contributed by atoms with Gasteiger partial charge in [0, 0.05) is 27.4 Å². The fourth-order valence-electron chi connectivity index (χ4n) is 1.72. The summed E-state index contributed by atoms with van der Waals surface area (Å²) >= 11 is 5.08. The van der Waals surface area contributed by atoms with Crippen molar-refractivity contribution < 1.29 is 4.79 Å². The Morgan fingerprint density at radius 2 is 2.22 bits per heavy atom. The zero-order valence-corrected chi connectivity index (χ0v) is 12.4. The summed E-state index contributed by atoms with van der Waals surface area (Å²) in [7, 11) is 0. The van der Waals surface area contributed by atoms with E-state index in [1.54, 1.807) is 11.3 Å². The third-order valence-electron chi connectivity index (χ3n) is 2.55. The molecule has 0 radical (unpaired) electrons. The molecule has 0 unspecified atom stereocenters. The van der Waals surface area contributed by atoms with Gasteiger partial charge >= 0.3 is 0 Å². The van der Waals surface area contributed by atoms with Crippen LogP contribution in [0.15, 0.2) is 46.3 Å². The first-order valence-corrected chi connectivity index (χ1v) is 7.41. The molecule has 2 aromatic rings. The molecule has 18 heavy (non-hydrogen) atoms. The lowest BCUT2D eigenvalue weighted by molar-refractivity contribution is 0.0940. The molecular weight excluding hydrogens is 310 g/mol. The molecular formula is C14H14BrNOS. The third-order valence-corrected chi connectivity index (χ3v) is 3.94. The highest BCUT2D eigenvalue weighted by molar-refractivity contribution is 9.10. The minimum absolute atomic E-state index is 0.0274. The number of thiophene rings is 1. The molecule has 0 aliphatic carbocycles. The minimum Gasteiger partial charge on any atom is -0.349 e. The second-order valence-electron chi connectivity index (χ2n) is 4.17. The Labute approximate surface area is 119 Å². The first-order valence-electron chi connectivity index (χ1n) is 5.74. The average Bonchev–Trinajstić information content (AvgIpc) is 2.81. The molecule has 4 heteroatoms. The van der Waals surface area contributed by atoms with Crippen LogP contribution in [0.3, 0.4) is 0 Å². The molecule has 1 aromatic carbocycles. The van der Waals surface area contributed by atoms with Gasteiger partial charge in [-0.1, -0.05) is 28.1 Å². The lowest BCUT2D eigenvalue weighted by Crippen LogP contribution is -2.33. The van der Waals surface area contributed by atoms with Gasteiger partial charge in [0.05, 0.1) is 0 Å². The van der Waals surface area contributed by atoms with Crippen LogP contribution in [0.5, 0.6) is 0 Å². The molecule has 1 atom stereocenters. The fourth-order valence-corrected chi connectivity index (χ4v) is 2.95. The van der Waals surface area contributed by atoms with Crippen molar-refractivity contribution in [2.75, 3.05) is 0 Å². The van der Waals surface area contributed by atoms with Crippen LogP contribution in [0.4, 0.5) is 0 Å². The Morgan fingerprint density at radius 3 is 2.89 bits per heavy atom. The number of amides is 1. The lowest BCUT2D eigenvalue weighted by Gasteiger charge is -2.13. The average molecular weight is 324 g/mol. The van der Waals surface area contributed by atoms with Gasteiger partial charge in [-0.25, -0.2) is 0 Å². The number of hydrogen-bond donors (Lipinski definition) is 1. The summed E-state index contributed by atoms with van der Waals surface area (Å²) in [5.41, 5.74) is 0.683. The molecule has 2 rings (SSSR count). The van der Waals surface area contributed by atoms with Crippen molar-refractivity contribution >= 4 is 33.2 Å². The van der Waals surface area contributed by atoms with Gasteiger partial charge in [-0.05, 0) is 36.6 Å². The number of nitrogens with one attached hydrogen (secondary N) is 1. The zero-order valence-electron chi connectivity index (χ0n) is 10.0. The van der Waals surface area contributed by atoms with Crippen LogP contribution < -0.4 is 5.32 Å². The largest absolute Gasteiger partial charge is 0.349 e.